The van der Waals surface area contributed by atoms with E-state index in [4.69, 9.17) is 10.5 Å². The molecule has 118 valence electrons. The molecule has 0 bridgehead atoms. The zero-order valence-electron chi connectivity index (χ0n) is 11.6. The number of rotatable bonds is 5. The van der Waals surface area contributed by atoms with E-state index < -0.39 is 32.2 Å². The van der Waals surface area contributed by atoms with Crippen LogP contribution in [-0.4, -0.2) is 27.7 Å². The Hall–Kier alpha value is -1.25. The van der Waals surface area contributed by atoms with Gasteiger partial charge in [0.1, 0.15) is 16.4 Å². The van der Waals surface area contributed by atoms with Crippen molar-refractivity contribution in [1.29, 1.82) is 0 Å². The lowest BCUT2D eigenvalue weighted by Gasteiger charge is -2.17. The van der Waals surface area contributed by atoms with Gasteiger partial charge in [-0.2, -0.15) is 0 Å². The highest BCUT2D eigenvalue weighted by molar-refractivity contribution is 7.89. The number of hydrogen-bond acceptors (Lipinski definition) is 4. The third-order valence-electron chi connectivity index (χ3n) is 3.66. The van der Waals surface area contributed by atoms with Crippen LogP contribution < -0.4 is 10.5 Å². The average molecular weight is 320 g/mol. The number of benzene rings is 1. The quantitative estimate of drug-likeness (QED) is 0.808. The van der Waals surface area contributed by atoms with Crippen LogP contribution in [0.5, 0.6) is 0 Å². The van der Waals surface area contributed by atoms with Crippen molar-refractivity contribution in [1.82, 2.24) is 4.72 Å². The van der Waals surface area contributed by atoms with Gasteiger partial charge in [0.25, 0.3) is 0 Å². The van der Waals surface area contributed by atoms with Crippen LogP contribution in [0, 0.1) is 17.6 Å². The fourth-order valence-corrected chi connectivity index (χ4v) is 3.61. The van der Waals surface area contributed by atoms with E-state index in [1.54, 1.807) is 0 Å². The molecule has 21 heavy (non-hydrogen) atoms. The Bertz CT molecular complexity index is 622. The first-order chi connectivity index (χ1) is 9.86. The molecule has 1 aliphatic heterocycles. The zero-order chi connectivity index (χ0) is 15.6. The SMILES string of the molecule is CCC1OCCC1CNS(=O)(=O)c1ccc(F)c(N)c1F. The number of sulfonamides is 1. The summed E-state index contributed by atoms with van der Waals surface area (Å²) in [4.78, 5) is -0.645. The molecule has 0 saturated carbocycles. The highest BCUT2D eigenvalue weighted by Crippen LogP contribution is 2.25. The van der Waals surface area contributed by atoms with E-state index in [0.717, 1.165) is 25.0 Å². The molecule has 0 amide bonds. The van der Waals surface area contributed by atoms with E-state index in [-0.39, 0.29) is 18.6 Å². The number of nitrogen functional groups attached to an aromatic ring is 1. The van der Waals surface area contributed by atoms with Crippen molar-refractivity contribution >= 4 is 15.7 Å². The highest BCUT2D eigenvalue weighted by atomic mass is 32.2. The van der Waals surface area contributed by atoms with Gasteiger partial charge in [-0.25, -0.2) is 21.9 Å². The van der Waals surface area contributed by atoms with Crippen LogP contribution >= 0.6 is 0 Å². The molecule has 8 heteroatoms. The number of nitrogens with two attached hydrogens (primary N) is 1. The third kappa shape index (κ3) is 3.33. The molecule has 3 N–H and O–H groups in total. The first kappa shape index (κ1) is 16.1. The molecule has 0 aromatic heterocycles. The molecule has 0 aliphatic carbocycles. The highest BCUT2D eigenvalue weighted by Gasteiger charge is 2.29. The van der Waals surface area contributed by atoms with E-state index in [2.05, 4.69) is 4.72 Å². The first-order valence-corrected chi connectivity index (χ1v) is 8.20. The van der Waals surface area contributed by atoms with Crippen LogP contribution in [0.3, 0.4) is 0 Å². The van der Waals surface area contributed by atoms with E-state index in [1.165, 1.54) is 0 Å². The second-order valence-corrected chi connectivity index (χ2v) is 6.73. The monoisotopic (exact) mass is 320 g/mol. The Kier molecular flexibility index (Phi) is 4.80. The second-order valence-electron chi connectivity index (χ2n) is 4.99. The number of nitrogens with one attached hydrogen (secondary N) is 1. The molecule has 1 heterocycles. The molecule has 2 unspecified atom stereocenters. The third-order valence-corrected chi connectivity index (χ3v) is 5.11. The molecular formula is C13H18F2N2O3S. The predicted octanol–water partition coefficient (Wildman–Crippen LogP) is 1.64. The van der Waals surface area contributed by atoms with Gasteiger partial charge in [0, 0.05) is 19.1 Å². The largest absolute Gasteiger partial charge is 0.394 e. The molecule has 2 rings (SSSR count). The number of halogens is 2. The number of anilines is 1. The summed E-state index contributed by atoms with van der Waals surface area (Å²) in [7, 11) is -4.08. The minimum atomic E-state index is -4.08. The topological polar surface area (TPSA) is 81.4 Å². The van der Waals surface area contributed by atoms with Gasteiger partial charge in [-0.15, -0.1) is 0 Å². The van der Waals surface area contributed by atoms with Gasteiger partial charge in [0.2, 0.25) is 10.0 Å². The number of hydrogen-bond donors (Lipinski definition) is 2. The Labute approximate surface area is 122 Å². The molecular weight excluding hydrogens is 302 g/mol. The van der Waals surface area contributed by atoms with Gasteiger partial charge in [-0.3, -0.25) is 0 Å². The molecule has 5 nitrogen and oxygen atoms in total. The summed E-state index contributed by atoms with van der Waals surface area (Å²) in [5, 5.41) is 0. The van der Waals surface area contributed by atoms with Crippen LogP contribution in [-0.2, 0) is 14.8 Å². The first-order valence-electron chi connectivity index (χ1n) is 6.71. The molecule has 0 spiro atoms. The zero-order valence-corrected chi connectivity index (χ0v) is 12.4. The summed E-state index contributed by atoms with van der Waals surface area (Å²) in [5.41, 5.74) is 4.38. The molecule has 1 aromatic carbocycles. The maximum Gasteiger partial charge on any atom is 0.243 e. The van der Waals surface area contributed by atoms with Crippen molar-refractivity contribution in [3.05, 3.63) is 23.8 Å². The molecule has 1 fully saturated rings. The molecule has 1 aliphatic rings. The standard InChI is InChI=1S/C13H18F2N2O3S/c1-2-10-8(5-6-20-10)7-17-21(18,19)11-4-3-9(14)13(16)12(11)15/h3-4,8,10,17H,2,5-7,16H2,1H3. The Morgan fingerprint density at radius 1 is 1.43 bits per heavy atom. The Balaban J connectivity index is 2.14. The van der Waals surface area contributed by atoms with Gasteiger partial charge in [0.05, 0.1) is 6.10 Å². The summed E-state index contributed by atoms with van der Waals surface area (Å²) in [6.07, 6.45) is 1.52. The lowest BCUT2D eigenvalue weighted by atomic mass is 10.0. The van der Waals surface area contributed by atoms with Crippen molar-refractivity contribution in [3.8, 4) is 0 Å². The maximum absolute atomic E-state index is 13.8. The van der Waals surface area contributed by atoms with Crippen LogP contribution in [0.25, 0.3) is 0 Å². The normalized spacial score (nSPS) is 22.6. The minimum Gasteiger partial charge on any atom is -0.394 e. The van der Waals surface area contributed by atoms with Gasteiger partial charge in [0.15, 0.2) is 5.82 Å². The summed E-state index contributed by atoms with van der Waals surface area (Å²) < 4.78 is 58.9. The van der Waals surface area contributed by atoms with Gasteiger partial charge < -0.3 is 10.5 Å². The molecule has 2 atom stereocenters. The lowest BCUT2D eigenvalue weighted by molar-refractivity contribution is 0.0884. The fraction of sp³-hybridized carbons (Fsp3) is 0.538. The summed E-state index contributed by atoms with van der Waals surface area (Å²) >= 11 is 0. The van der Waals surface area contributed by atoms with Crippen LogP contribution in [0.1, 0.15) is 19.8 Å². The fourth-order valence-electron chi connectivity index (χ4n) is 2.43. The van der Waals surface area contributed by atoms with Crippen LogP contribution in [0.2, 0.25) is 0 Å². The summed E-state index contributed by atoms with van der Waals surface area (Å²) in [6, 6.07) is 1.70. The molecule has 1 aromatic rings. The predicted molar refractivity (Wildman–Crippen MR) is 74.1 cm³/mol. The van der Waals surface area contributed by atoms with Crippen molar-refractivity contribution in [3.63, 3.8) is 0 Å². The van der Waals surface area contributed by atoms with Gasteiger partial charge in [-0.05, 0) is 25.0 Å². The Morgan fingerprint density at radius 2 is 2.14 bits per heavy atom. The van der Waals surface area contributed by atoms with E-state index >= 15 is 0 Å². The lowest BCUT2D eigenvalue weighted by Crippen LogP contribution is -2.33. The molecule has 1 saturated heterocycles. The minimum absolute atomic E-state index is 0.00386. The molecule has 0 radical (unpaired) electrons. The van der Waals surface area contributed by atoms with Crippen molar-refractivity contribution in [2.24, 2.45) is 5.92 Å². The van der Waals surface area contributed by atoms with Crippen molar-refractivity contribution < 1.29 is 21.9 Å². The van der Waals surface area contributed by atoms with Gasteiger partial charge >= 0.3 is 0 Å². The van der Waals surface area contributed by atoms with E-state index in [0.29, 0.717) is 6.61 Å². The van der Waals surface area contributed by atoms with E-state index in [9.17, 15) is 17.2 Å². The number of ether oxygens (including phenoxy) is 1. The summed E-state index contributed by atoms with van der Waals surface area (Å²) in [5.74, 6) is -2.20. The van der Waals surface area contributed by atoms with Crippen molar-refractivity contribution in [2.45, 2.75) is 30.8 Å². The van der Waals surface area contributed by atoms with E-state index in [1.807, 2.05) is 6.92 Å². The van der Waals surface area contributed by atoms with Crippen molar-refractivity contribution in [2.75, 3.05) is 18.9 Å². The maximum atomic E-state index is 13.8. The second kappa shape index (κ2) is 6.25. The Morgan fingerprint density at radius 3 is 2.81 bits per heavy atom. The smallest absolute Gasteiger partial charge is 0.243 e. The summed E-state index contributed by atoms with van der Waals surface area (Å²) in [6.45, 7) is 2.69. The van der Waals surface area contributed by atoms with Crippen LogP contribution in [0.4, 0.5) is 14.5 Å². The average Bonchev–Trinajstić information content (AvgIpc) is 2.90. The van der Waals surface area contributed by atoms with Crippen LogP contribution in [0.15, 0.2) is 17.0 Å². The van der Waals surface area contributed by atoms with Gasteiger partial charge in [-0.1, -0.05) is 6.92 Å².